The van der Waals surface area contributed by atoms with E-state index in [0.29, 0.717) is 6.61 Å². The normalized spacial score (nSPS) is 17.0. The molecule has 0 saturated carbocycles. The van der Waals surface area contributed by atoms with Gasteiger partial charge >= 0.3 is 0 Å². The van der Waals surface area contributed by atoms with Crippen molar-refractivity contribution in [3.63, 3.8) is 0 Å². The fourth-order valence-corrected chi connectivity index (χ4v) is 3.46. The van der Waals surface area contributed by atoms with Crippen molar-refractivity contribution in [3.8, 4) is 5.75 Å². The first kappa shape index (κ1) is 14.7. The summed E-state index contributed by atoms with van der Waals surface area (Å²) in [6, 6.07) is 5.81. The molecule has 120 valence electrons. The fraction of sp³-hybridized carbons (Fsp3) is 0.412. The number of nitrogens with zero attached hydrogens (tertiary/aromatic N) is 3. The van der Waals surface area contributed by atoms with E-state index >= 15 is 0 Å². The number of halogens is 1. The average molecular weight is 331 g/mol. The Bertz CT molecular complexity index is 750. The molecule has 0 atom stereocenters. The summed E-state index contributed by atoms with van der Waals surface area (Å²) in [5, 5.41) is 4.12. The number of aryl methyl sites for hydroxylation is 1. The van der Waals surface area contributed by atoms with Gasteiger partial charge in [0.1, 0.15) is 24.0 Å². The molecule has 3 heterocycles. The minimum atomic E-state index is 0.644. The van der Waals surface area contributed by atoms with E-state index in [4.69, 9.17) is 21.3 Å². The van der Waals surface area contributed by atoms with Gasteiger partial charge in [0.15, 0.2) is 0 Å². The minimum absolute atomic E-state index is 0.644. The SMILES string of the molecule is Cc1nc2c(c(N3CCOc4ccc(Cl)cc4C3)n1)CCNC2. The van der Waals surface area contributed by atoms with E-state index in [0.717, 1.165) is 66.3 Å². The Labute approximate surface area is 140 Å². The summed E-state index contributed by atoms with van der Waals surface area (Å²) in [5.41, 5.74) is 3.49. The number of hydrogen-bond acceptors (Lipinski definition) is 5. The molecule has 0 bridgehead atoms. The van der Waals surface area contributed by atoms with Gasteiger partial charge in [0.25, 0.3) is 0 Å². The molecule has 1 N–H and O–H groups in total. The first-order valence-electron chi connectivity index (χ1n) is 7.94. The quantitative estimate of drug-likeness (QED) is 0.870. The van der Waals surface area contributed by atoms with E-state index in [1.165, 1.54) is 5.56 Å². The van der Waals surface area contributed by atoms with Crippen LogP contribution in [0.15, 0.2) is 18.2 Å². The molecule has 6 heteroatoms. The number of anilines is 1. The standard InChI is InChI=1S/C17H19ClN4O/c1-11-20-15-9-19-5-4-14(15)17(21-11)22-6-7-23-16-3-2-13(18)8-12(16)10-22/h2-3,8,19H,4-7,9-10H2,1H3. The van der Waals surface area contributed by atoms with Crippen LogP contribution in [0, 0.1) is 6.92 Å². The van der Waals surface area contributed by atoms with Crippen LogP contribution in [0.4, 0.5) is 5.82 Å². The molecule has 2 aromatic rings. The van der Waals surface area contributed by atoms with E-state index in [1.807, 2.05) is 25.1 Å². The van der Waals surface area contributed by atoms with Crippen LogP contribution in [0.3, 0.4) is 0 Å². The van der Waals surface area contributed by atoms with E-state index in [9.17, 15) is 0 Å². The summed E-state index contributed by atoms with van der Waals surface area (Å²) < 4.78 is 5.87. The molecule has 0 amide bonds. The highest BCUT2D eigenvalue weighted by Crippen LogP contribution is 2.30. The lowest BCUT2D eigenvalue weighted by Gasteiger charge is -2.27. The van der Waals surface area contributed by atoms with Crippen LogP contribution in [-0.4, -0.2) is 29.7 Å². The third-order valence-electron chi connectivity index (χ3n) is 4.33. The topological polar surface area (TPSA) is 50.3 Å². The molecule has 0 radical (unpaired) electrons. The van der Waals surface area contributed by atoms with Crippen molar-refractivity contribution in [2.24, 2.45) is 0 Å². The molecule has 4 rings (SSSR count). The van der Waals surface area contributed by atoms with Gasteiger partial charge in [-0.2, -0.15) is 0 Å². The Morgan fingerprint density at radius 2 is 2.22 bits per heavy atom. The predicted octanol–water partition coefficient (Wildman–Crippen LogP) is 2.48. The largest absolute Gasteiger partial charge is 0.491 e. The van der Waals surface area contributed by atoms with E-state index in [-0.39, 0.29) is 0 Å². The highest BCUT2D eigenvalue weighted by atomic mass is 35.5. The van der Waals surface area contributed by atoms with Crippen molar-refractivity contribution >= 4 is 17.4 Å². The third kappa shape index (κ3) is 2.86. The highest BCUT2D eigenvalue weighted by molar-refractivity contribution is 6.30. The van der Waals surface area contributed by atoms with E-state index in [2.05, 4.69) is 15.2 Å². The molecule has 0 fully saturated rings. The number of rotatable bonds is 1. The van der Waals surface area contributed by atoms with Crippen molar-refractivity contribution in [1.82, 2.24) is 15.3 Å². The zero-order valence-corrected chi connectivity index (χ0v) is 13.9. The van der Waals surface area contributed by atoms with Crippen LogP contribution in [0.25, 0.3) is 0 Å². The molecule has 0 aliphatic carbocycles. The molecule has 23 heavy (non-hydrogen) atoms. The van der Waals surface area contributed by atoms with Crippen LogP contribution in [0.1, 0.15) is 22.6 Å². The first-order chi connectivity index (χ1) is 11.2. The molecule has 0 unspecified atom stereocenters. The van der Waals surface area contributed by atoms with Crippen LogP contribution >= 0.6 is 11.6 Å². The van der Waals surface area contributed by atoms with Crippen molar-refractivity contribution < 1.29 is 4.74 Å². The Morgan fingerprint density at radius 3 is 3.13 bits per heavy atom. The Morgan fingerprint density at radius 1 is 1.30 bits per heavy atom. The highest BCUT2D eigenvalue weighted by Gasteiger charge is 2.23. The molecular formula is C17H19ClN4O. The van der Waals surface area contributed by atoms with Crippen molar-refractivity contribution in [1.29, 1.82) is 0 Å². The van der Waals surface area contributed by atoms with Gasteiger partial charge in [0, 0.05) is 29.2 Å². The smallest absolute Gasteiger partial charge is 0.136 e. The maximum Gasteiger partial charge on any atom is 0.136 e. The lowest BCUT2D eigenvalue weighted by Crippen LogP contribution is -2.32. The predicted molar refractivity (Wildman–Crippen MR) is 90.2 cm³/mol. The second kappa shape index (κ2) is 5.98. The lowest BCUT2D eigenvalue weighted by molar-refractivity contribution is 0.331. The zero-order chi connectivity index (χ0) is 15.8. The zero-order valence-electron chi connectivity index (χ0n) is 13.1. The molecule has 2 aliphatic heterocycles. The second-order valence-corrected chi connectivity index (χ2v) is 6.40. The van der Waals surface area contributed by atoms with Crippen LogP contribution in [-0.2, 0) is 19.5 Å². The summed E-state index contributed by atoms with van der Waals surface area (Å²) in [6.45, 7) is 5.95. The summed E-state index contributed by atoms with van der Waals surface area (Å²) in [5.74, 6) is 2.78. The maximum atomic E-state index is 6.16. The maximum absolute atomic E-state index is 6.16. The first-order valence-corrected chi connectivity index (χ1v) is 8.32. The number of fused-ring (bicyclic) bond motifs is 2. The van der Waals surface area contributed by atoms with Crippen LogP contribution in [0.5, 0.6) is 5.75 Å². The molecule has 2 aliphatic rings. The average Bonchev–Trinajstić information content (AvgIpc) is 2.75. The van der Waals surface area contributed by atoms with Crippen molar-refractivity contribution in [2.45, 2.75) is 26.4 Å². The molecular weight excluding hydrogens is 312 g/mol. The van der Waals surface area contributed by atoms with Crippen LogP contribution < -0.4 is 15.0 Å². The van der Waals surface area contributed by atoms with Crippen molar-refractivity contribution in [3.05, 3.63) is 45.9 Å². The van der Waals surface area contributed by atoms with Gasteiger partial charge in [-0.3, -0.25) is 0 Å². The molecule has 1 aromatic carbocycles. The van der Waals surface area contributed by atoms with Crippen LogP contribution in [0.2, 0.25) is 5.02 Å². The van der Waals surface area contributed by atoms with E-state index in [1.54, 1.807) is 0 Å². The summed E-state index contributed by atoms with van der Waals surface area (Å²) in [6.07, 6.45) is 0.963. The second-order valence-electron chi connectivity index (χ2n) is 5.97. The number of hydrogen-bond donors (Lipinski definition) is 1. The van der Waals surface area contributed by atoms with Gasteiger partial charge in [0.2, 0.25) is 0 Å². The van der Waals surface area contributed by atoms with Gasteiger partial charge in [-0.1, -0.05) is 11.6 Å². The Balaban J connectivity index is 1.74. The fourth-order valence-electron chi connectivity index (χ4n) is 3.27. The lowest BCUT2D eigenvalue weighted by atomic mass is 10.1. The van der Waals surface area contributed by atoms with Gasteiger partial charge in [-0.05, 0) is 38.1 Å². The van der Waals surface area contributed by atoms with Gasteiger partial charge in [-0.15, -0.1) is 0 Å². The molecule has 5 nitrogen and oxygen atoms in total. The van der Waals surface area contributed by atoms with Gasteiger partial charge in [-0.25, -0.2) is 9.97 Å². The summed E-state index contributed by atoms with van der Waals surface area (Å²) in [7, 11) is 0. The summed E-state index contributed by atoms with van der Waals surface area (Å²) >= 11 is 6.16. The molecule has 0 spiro atoms. The van der Waals surface area contributed by atoms with Crippen molar-refractivity contribution in [2.75, 3.05) is 24.6 Å². The Hall–Kier alpha value is -1.85. The molecule has 1 aromatic heterocycles. The molecule has 0 saturated heterocycles. The summed E-state index contributed by atoms with van der Waals surface area (Å²) in [4.78, 5) is 11.6. The number of ether oxygens (including phenoxy) is 1. The van der Waals surface area contributed by atoms with Gasteiger partial charge in [0.05, 0.1) is 12.2 Å². The van der Waals surface area contributed by atoms with Gasteiger partial charge < -0.3 is 15.0 Å². The minimum Gasteiger partial charge on any atom is -0.491 e. The number of benzene rings is 1. The number of aromatic nitrogens is 2. The Kier molecular flexibility index (Phi) is 3.83. The van der Waals surface area contributed by atoms with E-state index < -0.39 is 0 Å². The number of nitrogens with one attached hydrogen (secondary N) is 1. The monoisotopic (exact) mass is 330 g/mol. The third-order valence-corrected chi connectivity index (χ3v) is 4.56.